The Hall–Kier alpha value is -6.67. The predicted molar refractivity (Wildman–Crippen MR) is 589 cm³/mol. The number of nitrogens with zero attached hydrogens (tertiary/aromatic N) is 10. The van der Waals surface area contributed by atoms with Crippen LogP contribution in [0.1, 0.15) is 1.43 Å². The maximum atomic E-state index is 9.95. The quantitative estimate of drug-likeness (QED) is 0.00893. The number of hydrogen-bond acceptors (Lipinski definition) is 23. The normalized spacial score (nSPS) is 13.4. The van der Waals surface area contributed by atoms with Crippen LogP contribution in [0, 0.1) is 0 Å². The molecule has 0 aliphatic carbocycles. The minimum Gasteiger partial charge on any atom is -1.00 e. The van der Waals surface area contributed by atoms with Crippen molar-refractivity contribution in [3.05, 3.63) is 426 Å². The van der Waals surface area contributed by atoms with E-state index in [-0.39, 0.29) is 232 Å². The Labute approximate surface area is 1010 Å². The molecule has 2 saturated heterocycles. The molecule has 4 heterocycles. The number of halogens is 5. The van der Waals surface area contributed by atoms with Gasteiger partial charge in [-0.05, 0) is 107 Å². The number of aliphatic hydroxyl groups excluding tert-OH is 4. The Morgan fingerprint density at radius 1 is 0.386 bits per heavy atom. The third-order valence-electron chi connectivity index (χ3n) is 21.8. The Bertz CT molecular complexity index is 5470. The summed E-state index contributed by atoms with van der Waals surface area (Å²) in [6, 6.07) is 139. The van der Waals surface area contributed by atoms with Crippen molar-refractivity contribution >= 4 is 196 Å². The molecule has 18 rings (SSSR count). The van der Waals surface area contributed by atoms with Gasteiger partial charge in [0.15, 0.2) is 16.8 Å². The number of β-amino-alcohol motifs (C(OH)–C–C–N with tert-alkyl or cyclic N) is 2. The van der Waals surface area contributed by atoms with Crippen molar-refractivity contribution in [2.24, 2.45) is 0 Å². The number of aliphatic hydroxyl groups is 4. The fraction of sp³-hybridized carbons (Fsp3) is 0.165. The molecule has 2 aromatic heterocycles. The average molecular weight is 2450 g/mol. The van der Waals surface area contributed by atoms with Gasteiger partial charge >= 0.3 is 145 Å². The van der Waals surface area contributed by atoms with Crippen molar-refractivity contribution in [1.29, 1.82) is 0 Å². The molecule has 0 saturated carbocycles. The van der Waals surface area contributed by atoms with Crippen LogP contribution in [-0.2, 0) is 39.6 Å². The van der Waals surface area contributed by atoms with Crippen molar-refractivity contribution in [3.63, 3.8) is 0 Å². The SMILES string of the molecule is COC[C@@H](O)CN1CCN(c2nnc(-c3cccc(Cl)c3Cl)c(N)n2)[C@H](CO)C1.COC[C@@H](O)CN1CCN(c2nnc(Cl)c(N)n2)[C@H](CO)C1.O=CO[O-].OB(O)c1cccc(Cl)c1Cl.[Cs+].[Cs+].[H-].[Pd].c1ccc(P(c2ccccc2)c2ccccc2)cc1.c1ccc(P(c2ccccc2)c2ccccc2)cc1.c1ccc(P(c2ccccc2)c2ccccc2)cc1.c1ccc(P(c2ccccc2)c2ccccc2)cc1. The van der Waals surface area contributed by atoms with Crippen molar-refractivity contribution < 1.29 is 215 Å². The first-order valence-corrected chi connectivity index (χ1v) is 52.6. The number of methoxy groups -OCH3 is 2. The number of hydrogen-bond donors (Lipinski definition) is 8. The number of nitrogen functional groups attached to an aromatic ring is 2. The first kappa shape index (κ1) is 124. The number of ether oxygens (including phenoxy) is 2. The second kappa shape index (κ2) is 69.0. The van der Waals surface area contributed by atoms with E-state index >= 15 is 0 Å². The zero-order valence-electron chi connectivity index (χ0n) is 81.4. The van der Waals surface area contributed by atoms with Gasteiger partial charge < -0.3 is 72.8 Å². The summed E-state index contributed by atoms with van der Waals surface area (Å²) in [5.74, 6) is 0.966. The molecule has 23 nitrogen and oxygen atoms in total. The van der Waals surface area contributed by atoms with Crippen LogP contribution < -0.4 is 233 Å². The molecule has 36 heteroatoms. The Kier molecular flexibility index (Phi) is 58.8. The first-order valence-electron chi connectivity index (χ1n) is 45.3. The number of benzene rings is 14. The zero-order valence-corrected chi connectivity index (χ0v) is 102. The molecule has 4 atom stereocenters. The van der Waals surface area contributed by atoms with Crippen LogP contribution in [-0.4, -0.2) is 202 Å². The van der Waals surface area contributed by atoms with E-state index < -0.39 is 51.0 Å². The molecule has 0 unspecified atom stereocenters. The van der Waals surface area contributed by atoms with Gasteiger partial charge in [0.1, 0.15) is 5.69 Å². The average Bonchev–Trinajstić information content (AvgIpc) is 0.789. The Morgan fingerprint density at radius 2 is 0.634 bits per heavy atom. The van der Waals surface area contributed by atoms with Crippen LogP contribution in [0.25, 0.3) is 11.3 Å². The predicted octanol–water partition coefficient (Wildman–Crippen LogP) is 6.52. The summed E-state index contributed by atoms with van der Waals surface area (Å²) < 4.78 is 9.89. The first-order chi connectivity index (χ1) is 69.3. The molecule has 2 fully saturated rings. The Morgan fingerprint density at radius 3 is 0.862 bits per heavy atom. The minimum atomic E-state index is -1.57. The minimum absolute atomic E-state index is 0. The van der Waals surface area contributed by atoms with Crippen molar-refractivity contribution in [2.75, 3.05) is 114 Å². The molecule has 0 spiro atoms. The maximum absolute atomic E-state index is 9.95. The largest absolute Gasteiger partial charge is 1.00 e. The third-order valence-corrected chi connectivity index (χ3v) is 33.5. The Balaban J connectivity index is 0.000000231. The maximum Gasteiger partial charge on any atom is 1.00 e. The van der Waals surface area contributed by atoms with Crippen LogP contribution in [0.3, 0.4) is 0 Å². The molecular formula is C109H112BCl5Cs2N12O11P4Pd. The van der Waals surface area contributed by atoms with Gasteiger partial charge in [-0.1, -0.05) is 446 Å². The van der Waals surface area contributed by atoms with E-state index in [1.807, 2.05) is 9.80 Å². The number of nitrogens with two attached hydrogens (primary N) is 2. The van der Waals surface area contributed by atoms with Gasteiger partial charge in [0.05, 0.1) is 70.8 Å². The molecule has 14 aromatic carbocycles. The van der Waals surface area contributed by atoms with Gasteiger partial charge in [-0.2, -0.15) is 9.97 Å². The van der Waals surface area contributed by atoms with Crippen molar-refractivity contribution in [1.82, 2.24) is 40.2 Å². The number of rotatable bonds is 27. The molecule has 744 valence electrons. The number of carbonyl (C=O) groups excluding carboxylic acids is 1. The van der Waals surface area contributed by atoms with E-state index in [1.54, 1.807) is 44.6 Å². The summed E-state index contributed by atoms with van der Waals surface area (Å²) in [7, 11) is -0.255. The molecule has 2 aliphatic heterocycles. The van der Waals surface area contributed by atoms with Crippen LogP contribution in [0.2, 0.25) is 25.2 Å². The van der Waals surface area contributed by atoms with Crippen molar-refractivity contribution in [2.45, 2.75) is 24.3 Å². The molecule has 16 aromatic rings. The topological polar surface area (TPSA) is 332 Å². The van der Waals surface area contributed by atoms with Gasteiger partial charge in [0.25, 0.3) is 6.47 Å². The van der Waals surface area contributed by atoms with Gasteiger partial charge in [-0.3, -0.25) is 14.6 Å². The molecular weight excluding hydrogens is 2340 g/mol. The number of piperazine rings is 2. The van der Waals surface area contributed by atoms with E-state index in [4.69, 9.17) is 99.0 Å². The number of anilines is 4. The summed E-state index contributed by atoms with van der Waals surface area (Å²) in [6.07, 6.45) is -1.14. The van der Waals surface area contributed by atoms with E-state index in [0.717, 1.165) is 0 Å². The van der Waals surface area contributed by atoms with Crippen LogP contribution >= 0.6 is 89.7 Å². The van der Waals surface area contributed by atoms with Crippen LogP contribution in [0.5, 0.6) is 0 Å². The molecule has 145 heavy (non-hydrogen) atoms. The van der Waals surface area contributed by atoms with E-state index in [2.05, 4.69) is 409 Å². The molecule has 2 aliphatic rings. The fourth-order valence-corrected chi connectivity index (χ4v) is 25.4. The van der Waals surface area contributed by atoms with E-state index in [0.29, 0.717) is 90.6 Å². The fourth-order valence-electron chi connectivity index (χ4n) is 15.3. The molecule has 10 N–H and O–H groups in total. The van der Waals surface area contributed by atoms with Crippen LogP contribution in [0.15, 0.2) is 400 Å². The van der Waals surface area contributed by atoms with E-state index in [1.165, 1.54) is 69.7 Å². The molecule has 0 radical (unpaired) electrons. The van der Waals surface area contributed by atoms with Gasteiger partial charge in [0.2, 0.25) is 11.9 Å². The van der Waals surface area contributed by atoms with E-state index in [9.17, 15) is 20.4 Å². The van der Waals surface area contributed by atoms with Crippen LogP contribution in [0.4, 0.5) is 23.5 Å². The van der Waals surface area contributed by atoms with Gasteiger partial charge in [-0.15, -0.1) is 20.4 Å². The standard InChI is InChI=1S/C18H24Cl2N6O3.4C18H15P.C12H21ClN6O3.C6H5BCl2O2.CH2O3.2Cs.Pd.H/c1-29-10-12(28)8-25-5-6-26(11(7-25)9-27)18-22-17(21)16(23-24-18)13-3-2-4-14(19)15(13)20;4*1-4-10-16(11-5-1)19(17-12-6-2-7-13-17)18-14-8-3-9-15-18;1-22-7-9(21)5-18-2-3-19(8(4-18)6-20)12-15-11(14)10(13)16-17-12;8-5-3-1-2-4(6(5)9)7(10)11;2-1-4-3;;;;/h2-4,11-12,27-28H,5-10H2,1H3,(H2,21,22,24);4*1-15H;8-9,20-21H,2-7H2,1H3,(H2,14,15,17);1-3,10-11H;1,3H;;;;/q;;;;;;;;2*+1;;-1/p-1/t11-,12-;;;;;8-,9-;;;;;;/m0....0....../s1. The van der Waals surface area contributed by atoms with Gasteiger partial charge in [-0.25, -0.2) is 0 Å². The number of carbonyl (C=O) groups is 1. The summed E-state index contributed by atoms with van der Waals surface area (Å²) in [5, 5.41) is 99.3. The summed E-state index contributed by atoms with van der Waals surface area (Å²) in [6.45, 7) is 4.79. The third kappa shape index (κ3) is 39.5. The second-order valence-corrected chi connectivity index (χ2v) is 42.4. The second-order valence-electron chi connectivity index (χ2n) is 31.6. The number of aromatic nitrogens is 6. The zero-order chi connectivity index (χ0) is 101. The molecule has 0 amide bonds. The summed E-state index contributed by atoms with van der Waals surface area (Å²) in [5.41, 5.74) is 12.9. The smallest absolute Gasteiger partial charge is 1.00 e. The summed E-state index contributed by atoms with van der Waals surface area (Å²) in [4.78, 5) is 27.6. The monoisotopic (exact) mass is 2450 g/mol. The molecule has 0 bridgehead atoms. The summed E-state index contributed by atoms with van der Waals surface area (Å²) >= 11 is 29.3. The van der Waals surface area contributed by atoms with Crippen molar-refractivity contribution in [3.8, 4) is 11.3 Å². The van der Waals surface area contributed by atoms with Gasteiger partial charge in [0, 0.05) is 98.0 Å².